The maximum atomic E-state index is 12.5. The van der Waals surface area contributed by atoms with Crippen molar-refractivity contribution in [3.63, 3.8) is 0 Å². The van der Waals surface area contributed by atoms with Gasteiger partial charge in [0.1, 0.15) is 18.1 Å². The molecule has 1 aliphatic rings. The number of hydrogen-bond donors (Lipinski definition) is 1. The Kier molecular flexibility index (Phi) is 4.49. The van der Waals surface area contributed by atoms with Crippen LogP contribution in [0.1, 0.15) is 12.8 Å². The zero-order valence-corrected chi connectivity index (χ0v) is 15.0. The molecule has 1 N–H and O–H groups in total. The van der Waals surface area contributed by atoms with Gasteiger partial charge in [-0.25, -0.2) is 13.9 Å². The number of carbonyl (C=O) groups excluding carboxylic acids is 1. The van der Waals surface area contributed by atoms with Gasteiger partial charge in [-0.2, -0.15) is 4.98 Å². The van der Waals surface area contributed by atoms with Crippen LogP contribution in [0.4, 0.5) is 11.5 Å². The highest BCUT2D eigenvalue weighted by Gasteiger charge is 2.17. The fourth-order valence-electron chi connectivity index (χ4n) is 3.20. The normalized spacial score (nSPS) is 13.9. The van der Waals surface area contributed by atoms with Gasteiger partial charge in [0.05, 0.1) is 12.8 Å². The van der Waals surface area contributed by atoms with Crippen LogP contribution in [0, 0.1) is 0 Å². The maximum absolute atomic E-state index is 12.5. The van der Waals surface area contributed by atoms with Gasteiger partial charge in [0.25, 0.3) is 5.78 Å². The van der Waals surface area contributed by atoms with E-state index in [0.717, 1.165) is 36.4 Å². The predicted molar refractivity (Wildman–Crippen MR) is 100 cm³/mol. The molecule has 3 aromatic rings. The molecule has 0 unspecified atom stereocenters. The minimum absolute atomic E-state index is 0.209. The second kappa shape index (κ2) is 7.10. The number of aromatic nitrogens is 4. The summed E-state index contributed by atoms with van der Waals surface area (Å²) in [6.45, 7) is 1.70. The summed E-state index contributed by atoms with van der Waals surface area (Å²) in [4.78, 5) is 31.5. The number of para-hydroxylation sites is 2. The quantitative estimate of drug-likeness (QED) is 0.726. The molecule has 0 aliphatic carbocycles. The van der Waals surface area contributed by atoms with Crippen LogP contribution in [-0.2, 0) is 11.3 Å². The number of anilines is 2. The molecule has 4 rings (SSSR count). The Morgan fingerprint density at radius 1 is 1.22 bits per heavy atom. The summed E-state index contributed by atoms with van der Waals surface area (Å²) in [5, 5.41) is 6.94. The summed E-state index contributed by atoms with van der Waals surface area (Å²) in [5.74, 6) is 1.26. The zero-order chi connectivity index (χ0) is 18.8. The van der Waals surface area contributed by atoms with E-state index in [2.05, 4.69) is 20.3 Å². The number of amides is 1. The third-order valence-corrected chi connectivity index (χ3v) is 4.54. The second-order valence-electron chi connectivity index (χ2n) is 6.34. The van der Waals surface area contributed by atoms with Crippen LogP contribution in [-0.4, -0.2) is 45.3 Å². The van der Waals surface area contributed by atoms with Crippen LogP contribution < -0.4 is 20.6 Å². The maximum Gasteiger partial charge on any atom is 0.352 e. The standard InChI is InChI=1S/C18H20N6O3/c1-27-14-7-3-2-6-13(14)19-16(25)12-24-18(26)23-11-8-15(20-17(23)21-24)22-9-4-5-10-22/h2-3,6-8,11H,4-5,9-10,12H2,1H3,(H,19,25). The molecule has 1 fully saturated rings. The Bertz CT molecular complexity index is 1030. The summed E-state index contributed by atoms with van der Waals surface area (Å²) in [6, 6.07) is 8.88. The first-order valence-electron chi connectivity index (χ1n) is 8.80. The highest BCUT2D eigenvalue weighted by Crippen LogP contribution is 2.23. The highest BCUT2D eigenvalue weighted by atomic mass is 16.5. The Labute approximate surface area is 155 Å². The van der Waals surface area contributed by atoms with E-state index >= 15 is 0 Å². The van der Waals surface area contributed by atoms with Crippen molar-refractivity contribution in [3.8, 4) is 5.75 Å². The van der Waals surface area contributed by atoms with E-state index in [4.69, 9.17) is 4.74 Å². The van der Waals surface area contributed by atoms with E-state index in [1.54, 1.807) is 30.5 Å². The van der Waals surface area contributed by atoms with Crippen molar-refractivity contribution < 1.29 is 9.53 Å². The van der Waals surface area contributed by atoms with E-state index < -0.39 is 5.69 Å². The van der Waals surface area contributed by atoms with E-state index in [1.165, 1.54) is 11.5 Å². The molecule has 1 amide bonds. The van der Waals surface area contributed by atoms with E-state index in [1.807, 2.05) is 6.07 Å². The predicted octanol–water partition coefficient (Wildman–Crippen LogP) is 1.14. The van der Waals surface area contributed by atoms with E-state index in [0.29, 0.717) is 11.4 Å². The van der Waals surface area contributed by atoms with Gasteiger partial charge in [0, 0.05) is 19.3 Å². The molecule has 1 saturated heterocycles. The molecule has 140 valence electrons. The first-order chi connectivity index (χ1) is 13.2. The van der Waals surface area contributed by atoms with Crippen molar-refractivity contribution in [2.24, 2.45) is 0 Å². The molecule has 0 spiro atoms. The number of fused-ring (bicyclic) bond motifs is 1. The molecule has 0 radical (unpaired) electrons. The van der Waals surface area contributed by atoms with Gasteiger partial charge in [-0.1, -0.05) is 12.1 Å². The Morgan fingerprint density at radius 3 is 2.78 bits per heavy atom. The Morgan fingerprint density at radius 2 is 2.00 bits per heavy atom. The molecule has 0 bridgehead atoms. The molecule has 27 heavy (non-hydrogen) atoms. The fraction of sp³-hybridized carbons (Fsp3) is 0.333. The van der Waals surface area contributed by atoms with Crippen LogP contribution in [0.3, 0.4) is 0 Å². The third kappa shape index (κ3) is 3.35. The number of nitrogens with one attached hydrogen (secondary N) is 1. The first-order valence-corrected chi connectivity index (χ1v) is 8.80. The summed E-state index contributed by atoms with van der Waals surface area (Å²) < 4.78 is 7.67. The number of hydrogen-bond acceptors (Lipinski definition) is 6. The molecular weight excluding hydrogens is 348 g/mol. The molecule has 0 atom stereocenters. The molecule has 3 heterocycles. The van der Waals surface area contributed by atoms with Crippen molar-refractivity contribution >= 4 is 23.2 Å². The average Bonchev–Trinajstić information content (AvgIpc) is 3.31. The SMILES string of the molecule is COc1ccccc1NC(=O)Cn1nc2nc(N3CCCC3)ccn2c1=O. The summed E-state index contributed by atoms with van der Waals surface area (Å²) in [7, 11) is 1.53. The Balaban J connectivity index is 1.55. The van der Waals surface area contributed by atoms with Crippen molar-refractivity contribution in [2.75, 3.05) is 30.4 Å². The lowest BCUT2D eigenvalue weighted by molar-refractivity contribution is -0.117. The highest BCUT2D eigenvalue weighted by molar-refractivity contribution is 5.92. The molecule has 1 aromatic carbocycles. The topological polar surface area (TPSA) is 93.8 Å². The van der Waals surface area contributed by atoms with Gasteiger partial charge < -0.3 is 15.0 Å². The van der Waals surface area contributed by atoms with Crippen molar-refractivity contribution in [1.82, 2.24) is 19.2 Å². The van der Waals surface area contributed by atoms with Gasteiger partial charge in [-0.05, 0) is 31.0 Å². The lowest BCUT2D eigenvalue weighted by Crippen LogP contribution is -2.28. The van der Waals surface area contributed by atoms with Crippen LogP contribution in [0.2, 0.25) is 0 Å². The van der Waals surface area contributed by atoms with Gasteiger partial charge in [-0.3, -0.25) is 4.79 Å². The number of methoxy groups -OCH3 is 1. The minimum Gasteiger partial charge on any atom is -0.495 e. The number of carbonyl (C=O) groups is 1. The smallest absolute Gasteiger partial charge is 0.352 e. The number of ether oxygens (including phenoxy) is 1. The average molecular weight is 368 g/mol. The number of benzene rings is 1. The lowest BCUT2D eigenvalue weighted by atomic mass is 10.3. The van der Waals surface area contributed by atoms with Crippen LogP contribution in [0.15, 0.2) is 41.3 Å². The second-order valence-corrected chi connectivity index (χ2v) is 6.34. The minimum atomic E-state index is -0.402. The molecular formula is C18H20N6O3. The van der Waals surface area contributed by atoms with Gasteiger partial charge in [-0.15, -0.1) is 5.10 Å². The third-order valence-electron chi connectivity index (χ3n) is 4.54. The summed E-state index contributed by atoms with van der Waals surface area (Å²) in [6.07, 6.45) is 3.93. The molecule has 9 heteroatoms. The summed E-state index contributed by atoms with van der Waals surface area (Å²) >= 11 is 0. The molecule has 1 aliphatic heterocycles. The van der Waals surface area contributed by atoms with E-state index in [9.17, 15) is 9.59 Å². The molecule has 0 saturated carbocycles. The summed E-state index contributed by atoms with van der Waals surface area (Å²) in [5.41, 5.74) is 0.136. The van der Waals surface area contributed by atoms with E-state index in [-0.39, 0.29) is 18.2 Å². The zero-order valence-electron chi connectivity index (χ0n) is 15.0. The van der Waals surface area contributed by atoms with Crippen molar-refractivity contribution in [3.05, 3.63) is 47.0 Å². The largest absolute Gasteiger partial charge is 0.495 e. The fourth-order valence-corrected chi connectivity index (χ4v) is 3.20. The van der Waals surface area contributed by atoms with Crippen LogP contribution >= 0.6 is 0 Å². The molecule has 2 aromatic heterocycles. The number of rotatable bonds is 5. The van der Waals surface area contributed by atoms with Gasteiger partial charge >= 0.3 is 5.69 Å². The van der Waals surface area contributed by atoms with Gasteiger partial charge in [0.15, 0.2) is 0 Å². The Hall–Kier alpha value is -3.36. The lowest BCUT2D eigenvalue weighted by Gasteiger charge is -2.15. The van der Waals surface area contributed by atoms with Gasteiger partial charge in [0.2, 0.25) is 5.91 Å². The van der Waals surface area contributed by atoms with Crippen molar-refractivity contribution in [2.45, 2.75) is 19.4 Å². The van der Waals surface area contributed by atoms with Crippen LogP contribution in [0.5, 0.6) is 5.75 Å². The first kappa shape index (κ1) is 17.1. The van der Waals surface area contributed by atoms with Crippen molar-refractivity contribution in [1.29, 1.82) is 0 Å². The van der Waals surface area contributed by atoms with Crippen LogP contribution in [0.25, 0.3) is 5.78 Å². The number of nitrogens with zero attached hydrogens (tertiary/aromatic N) is 5. The monoisotopic (exact) mass is 368 g/mol. The molecule has 9 nitrogen and oxygen atoms in total.